The average molecular weight is 295 g/mol. The van der Waals surface area contributed by atoms with Crippen molar-refractivity contribution < 1.29 is 9.21 Å². The van der Waals surface area contributed by atoms with Crippen molar-refractivity contribution in [1.82, 2.24) is 20.1 Å². The van der Waals surface area contributed by atoms with Crippen LogP contribution in [0.4, 0.5) is 0 Å². The quantitative estimate of drug-likeness (QED) is 0.421. The van der Waals surface area contributed by atoms with Gasteiger partial charge >= 0.3 is 5.91 Å². The van der Waals surface area contributed by atoms with E-state index in [2.05, 4.69) is 34.2 Å². The third kappa shape index (κ3) is 4.82. The van der Waals surface area contributed by atoms with Crippen LogP contribution in [0.5, 0.6) is 0 Å². The molecule has 0 bridgehead atoms. The minimum atomic E-state index is -0.394. The summed E-state index contributed by atoms with van der Waals surface area (Å²) < 4.78 is 5.49. The molecule has 0 radical (unpaired) electrons. The fourth-order valence-electron chi connectivity index (χ4n) is 2.39. The molecule has 0 atom stereocenters. The molecule has 3 N–H and O–H groups in total. The Morgan fingerprint density at radius 3 is 2.57 bits per heavy atom. The molecule has 1 aromatic rings. The lowest BCUT2D eigenvalue weighted by Crippen LogP contribution is -2.47. The second kappa shape index (κ2) is 7.56. The normalized spacial score (nSPS) is 17.3. The first-order chi connectivity index (χ1) is 10.1. The van der Waals surface area contributed by atoms with Gasteiger partial charge in [-0.1, -0.05) is 0 Å². The minimum absolute atomic E-state index is 0.261. The van der Waals surface area contributed by atoms with E-state index in [4.69, 9.17) is 10.3 Å². The summed E-state index contributed by atoms with van der Waals surface area (Å²) in [6.45, 7) is 7.13. The maximum absolute atomic E-state index is 11.3. The Hall–Kier alpha value is -1.41. The highest BCUT2D eigenvalue weighted by molar-refractivity contribution is 5.90. The van der Waals surface area contributed by atoms with E-state index in [0.717, 1.165) is 51.6 Å². The highest BCUT2D eigenvalue weighted by Crippen LogP contribution is 2.12. The topological polar surface area (TPSA) is 78.0 Å². The highest BCUT2D eigenvalue weighted by atomic mass is 16.4. The van der Waals surface area contributed by atoms with E-state index >= 15 is 0 Å². The van der Waals surface area contributed by atoms with Crippen LogP contribution in [0.3, 0.4) is 0 Å². The van der Waals surface area contributed by atoms with E-state index in [9.17, 15) is 4.79 Å². The number of amides is 1. The molecule has 0 saturated carbocycles. The first-order valence-corrected chi connectivity index (χ1v) is 7.27. The van der Waals surface area contributed by atoms with Crippen molar-refractivity contribution in [3.63, 3.8) is 0 Å². The van der Waals surface area contributed by atoms with E-state index in [1.807, 2.05) is 6.07 Å². The molecule has 7 nitrogen and oxygen atoms in total. The van der Waals surface area contributed by atoms with Gasteiger partial charge in [0.1, 0.15) is 5.76 Å². The zero-order chi connectivity index (χ0) is 15.2. The lowest BCUT2D eigenvalue weighted by molar-refractivity contribution is 0.0915. The molecule has 118 valence electrons. The van der Waals surface area contributed by atoms with Crippen molar-refractivity contribution in [2.24, 2.45) is 5.84 Å². The van der Waals surface area contributed by atoms with Crippen LogP contribution < -0.4 is 11.3 Å². The summed E-state index contributed by atoms with van der Waals surface area (Å²) in [6.07, 6.45) is 0. The Balaban J connectivity index is 1.75. The first-order valence-electron chi connectivity index (χ1n) is 7.27. The van der Waals surface area contributed by atoms with Gasteiger partial charge in [0.25, 0.3) is 0 Å². The predicted octanol–water partition coefficient (Wildman–Crippen LogP) is -0.438. The van der Waals surface area contributed by atoms with E-state index in [1.165, 1.54) is 0 Å². The van der Waals surface area contributed by atoms with Gasteiger partial charge in [-0.2, -0.15) is 0 Å². The second-order valence-electron chi connectivity index (χ2n) is 5.66. The fourth-order valence-corrected chi connectivity index (χ4v) is 2.39. The van der Waals surface area contributed by atoms with Crippen LogP contribution in [0, 0.1) is 0 Å². The molecule has 7 heteroatoms. The summed E-state index contributed by atoms with van der Waals surface area (Å²) >= 11 is 0. The van der Waals surface area contributed by atoms with Crippen LogP contribution in [-0.4, -0.2) is 74.0 Å². The Labute approximate surface area is 125 Å². The maximum atomic E-state index is 11.3. The van der Waals surface area contributed by atoms with Crippen molar-refractivity contribution in [3.8, 4) is 0 Å². The molecule has 2 rings (SSSR count). The van der Waals surface area contributed by atoms with Crippen molar-refractivity contribution >= 4 is 5.91 Å². The summed E-state index contributed by atoms with van der Waals surface area (Å²) in [5, 5.41) is 0. The zero-order valence-corrected chi connectivity index (χ0v) is 12.8. The largest absolute Gasteiger partial charge is 0.455 e. The SMILES string of the molecule is CN(C)CCN1CCN(Cc2ccc(C(=O)NN)o2)CC1. The Bertz CT molecular complexity index is 452. The highest BCUT2D eigenvalue weighted by Gasteiger charge is 2.18. The number of hydrogen-bond acceptors (Lipinski definition) is 6. The van der Waals surface area contributed by atoms with Crippen molar-refractivity contribution in [2.75, 3.05) is 53.4 Å². The lowest BCUT2D eigenvalue weighted by Gasteiger charge is -2.34. The predicted molar refractivity (Wildman–Crippen MR) is 80.6 cm³/mol. The summed E-state index contributed by atoms with van der Waals surface area (Å²) in [7, 11) is 4.20. The second-order valence-corrected chi connectivity index (χ2v) is 5.66. The standard InChI is InChI=1S/C14H25N5O2/c1-17(2)5-6-18-7-9-19(10-8-18)11-12-3-4-13(21-12)14(20)16-15/h3-4H,5-11,15H2,1-2H3,(H,16,20). The van der Waals surface area contributed by atoms with E-state index in [-0.39, 0.29) is 5.76 Å². The number of furan rings is 1. The smallest absolute Gasteiger partial charge is 0.300 e. The van der Waals surface area contributed by atoms with Crippen molar-refractivity contribution in [2.45, 2.75) is 6.54 Å². The van der Waals surface area contributed by atoms with Crippen molar-refractivity contribution in [1.29, 1.82) is 0 Å². The first kappa shape index (κ1) is 16.0. The Morgan fingerprint density at radius 2 is 1.95 bits per heavy atom. The molecule has 0 spiro atoms. The number of nitrogen functional groups attached to an aromatic ring is 1. The molecule has 1 aliphatic rings. The van der Waals surface area contributed by atoms with Gasteiger partial charge in [-0.15, -0.1) is 0 Å². The molecule has 1 aromatic heterocycles. The van der Waals surface area contributed by atoms with E-state index in [0.29, 0.717) is 0 Å². The van der Waals surface area contributed by atoms with Gasteiger partial charge in [-0.3, -0.25) is 20.0 Å². The van der Waals surface area contributed by atoms with Gasteiger partial charge in [0.2, 0.25) is 0 Å². The van der Waals surface area contributed by atoms with Gasteiger partial charge in [-0.05, 0) is 26.2 Å². The Morgan fingerprint density at radius 1 is 1.29 bits per heavy atom. The lowest BCUT2D eigenvalue weighted by atomic mass is 10.3. The molecule has 0 aliphatic carbocycles. The van der Waals surface area contributed by atoms with E-state index in [1.54, 1.807) is 6.07 Å². The van der Waals surface area contributed by atoms with Crippen LogP contribution in [-0.2, 0) is 6.54 Å². The molecular formula is C14H25N5O2. The van der Waals surface area contributed by atoms with Gasteiger partial charge in [0.15, 0.2) is 5.76 Å². The number of carbonyl (C=O) groups is 1. The molecule has 1 fully saturated rings. The number of rotatable bonds is 6. The molecule has 1 saturated heterocycles. The third-order valence-electron chi connectivity index (χ3n) is 3.72. The summed E-state index contributed by atoms with van der Waals surface area (Å²) in [4.78, 5) is 18.4. The number of nitrogens with zero attached hydrogens (tertiary/aromatic N) is 3. The van der Waals surface area contributed by atoms with Gasteiger partial charge in [0.05, 0.1) is 6.54 Å². The van der Waals surface area contributed by atoms with Crippen molar-refractivity contribution in [3.05, 3.63) is 23.7 Å². The molecule has 2 heterocycles. The number of hydrazine groups is 1. The van der Waals surface area contributed by atoms with Gasteiger partial charge < -0.3 is 9.32 Å². The van der Waals surface area contributed by atoms with Crippen LogP contribution in [0.15, 0.2) is 16.5 Å². The third-order valence-corrected chi connectivity index (χ3v) is 3.72. The monoisotopic (exact) mass is 295 g/mol. The molecule has 0 unspecified atom stereocenters. The average Bonchev–Trinajstić information content (AvgIpc) is 2.94. The summed E-state index contributed by atoms with van der Waals surface area (Å²) in [6, 6.07) is 3.49. The number of hydrogen-bond donors (Lipinski definition) is 2. The van der Waals surface area contributed by atoms with Crippen LogP contribution in [0.2, 0.25) is 0 Å². The van der Waals surface area contributed by atoms with Gasteiger partial charge in [0, 0.05) is 39.3 Å². The Kier molecular flexibility index (Phi) is 5.75. The number of likely N-dealkylation sites (N-methyl/N-ethyl adjacent to an activating group) is 1. The number of nitrogens with two attached hydrogens (primary N) is 1. The number of piperazine rings is 1. The summed E-state index contributed by atoms with van der Waals surface area (Å²) in [5.41, 5.74) is 2.07. The van der Waals surface area contributed by atoms with Crippen LogP contribution in [0.1, 0.15) is 16.3 Å². The van der Waals surface area contributed by atoms with Crippen LogP contribution >= 0.6 is 0 Å². The molecular weight excluding hydrogens is 270 g/mol. The van der Waals surface area contributed by atoms with Gasteiger partial charge in [-0.25, -0.2) is 5.84 Å². The molecule has 1 amide bonds. The zero-order valence-electron chi connectivity index (χ0n) is 12.8. The fraction of sp³-hybridized carbons (Fsp3) is 0.643. The van der Waals surface area contributed by atoms with Crippen LogP contribution in [0.25, 0.3) is 0 Å². The molecule has 21 heavy (non-hydrogen) atoms. The number of carbonyl (C=O) groups excluding carboxylic acids is 1. The maximum Gasteiger partial charge on any atom is 0.300 e. The molecule has 1 aliphatic heterocycles. The molecule has 0 aromatic carbocycles. The number of nitrogens with one attached hydrogen (secondary N) is 1. The minimum Gasteiger partial charge on any atom is -0.455 e. The van der Waals surface area contributed by atoms with E-state index < -0.39 is 5.91 Å². The summed E-state index contributed by atoms with van der Waals surface area (Å²) in [5.74, 6) is 5.75.